The standard InChI is InChI=1S/C12H12O.C2H6/c1-8(2)11-7-9-5-3-4-6-10(9)12(11)13;1-2/h3-6H,7H2,1-2H3;1-2H3. The smallest absolute Gasteiger partial charge is 0.189 e. The summed E-state index contributed by atoms with van der Waals surface area (Å²) in [6.07, 6.45) is 0.817. The van der Waals surface area contributed by atoms with E-state index in [2.05, 4.69) is 0 Å². The second kappa shape index (κ2) is 4.92. The van der Waals surface area contributed by atoms with Crippen LogP contribution in [0.15, 0.2) is 35.4 Å². The molecule has 0 heterocycles. The molecule has 1 aromatic rings. The van der Waals surface area contributed by atoms with Gasteiger partial charge in [0.2, 0.25) is 0 Å². The van der Waals surface area contributed by atoms with E-state index in [-0.39, 0.29) is 5.78 Å². The lowest BCUT2D eigenvalue weighted by Gasteiger charge is -1.95. The molecule has 0 N–H and O–H groups in total. The van der Waals surface area contributed by atoms with Gasteiger partial charge in [-0.2, -0.15) is 0 Å². The molecule has 2 rings (SSSR count). The normalized spacial score (nSPS) is 13.1. The molecule has 15 heavy (non-hydrogen) atoms. The fourth-order valence-corrected chi connectivity index (χ4v) is 1.73. The molecule has 0 saturated carbocycles. The van der Waals surface area contributed by atoms with Crippen LogP contribution in [-0.2, 0) is 6.42 Å². The Kier molecular flexibility index (Phi) is 3.84. The Morgan fingerprint density at radius 3 is 2.27 bits per heavy atom. The number of rotatable bonds is 0. The van der Waals surface area contributed by atoms with E-state index in [9.17, 15) is 4.79 Å². The van der Waals surface area contributed by atoms with E-state index in [0.717, 1.165) is 23.1 Å². The van der Waals surface area contributed by atoms with Crippen molar-refractivity contribution in [3.63, 3.8) is 0 Å². The van der Waals surface area contributed by atoms with Gasteiger partial charge in [-0.05, 0) is 19.4 Å². The van der Waals surface area contributed by atoms with Crippen LogP contribution in [0.25, 0.3) is 0 Å². The summed E-state index contributed by atoms with van der Waals surface area (Å²) in [6, 6.07) is 7.85. The Morgan fingerprint density at radius 2 is 1.73 bits per heavy atom. The highest BCUT2D eigenvalue weighted by Crippen LogP contribution is 2.27. The van der Waals surface area contributed by atoms with Crippen molar-refractivity contribution < 1.29 is 4.79 Å². The average Bonchev–Trinajstić information content (AvgIpc) is 2.60. The van der Waals surface area contributed by atoms with Gasteiger partial charge >= 0.3 is 0 Å². The van der Waals surface area contributed by atoms with Crippen LogP contribution >= 0.6 is 0 Å². The first kappa shape index (κ1) is 11.7. The summed E-state index contributed by atoms with van der Waals surface area (Å²) in [5, 5.41) is 0. The monoisotopic (exact) mass is 202 g/mol. The average molecular weight is 202 g/mol. The van der Waals surface area contributed by atoms with Gasteiger partial charge in [0.05, 0.1) is 0 Å². The summed E-state index contributed by atoms with van der Waals surface area (Å²) in [4.78, 5) is 11.8. The van der Waals surface area contributed by atoms with E-state index in [1.165, 1.54) is 5.56 Å². The number of carbonyl (C=O) groups is 1. The lowest BCUT2D eigenvalue weighted by atomic mass is 10.1. The number of hydrogen-bond acceptors (Lipinski definition) is 1. The SMILES string of the molecule is CC.CC(C)=C1Cc2ccccc2C1=O. The van der Waals surface area contributed by atoms with Crippen molar-refractivity contribution >= 4 is 5.78 Å². The Hall–Kier alpha value is -1.37. The van der Waals surface area contributed by atoms with E-state index in [4.69, 9.17) is 0 Å². The van der Waals surface area contributed by atoms with E-state index >= 15 is 0 Å². The molecule has 1 aromatic carbocycles. The molecule has 0 radical (unpaired) electrons. The second-order valence-electron chi connectivity index (χ2n) is 3.64. The molecule has 1 aliphatic carbocycles. The maximum atomic E-state index is 11.8. The molecule has 80 valence electrons. The van der Waals surface area contributed by atoms with Crippen LogP contribution in [0.3, 0.4) is 0 Å². The Bertz CT molecular complexity index is 396. The molecule has 1 aliphatic rings. The Labute approximate surface area is 91.8 Å². The van der Waals surface area contributed by atoms with Gasteiger partial charge in [-0.25, -0.2) is 0 Å². The first-order valence-corrected chi connectivity index (χ1v) is 5.49. The molecule has 0 unspecified atom stereocenters. The van der Waals surface area contributed by atoms with Crippen LogP contribution in [0.5, 0.6) is 0 Å². The predicted molar refractivity (Wildman–Crippen MR) is 64.2 cm³/mol. The molecular formula is C14H18O. The molecule has 0 spiro atoms. The van der Waals surface area contributed by atoms with Crippen molar-refractivity contribution in [2.45, 2.75) is 34.1 Å². The van der Waals surface area contributed by atoms with Gasteiger partial charge in [0.15, 0.2) is 5.78 Å². The summed E-state index contributed by atoms with van der Waals surface area (Å²) in [5.41, 5.74) is 4.17. The Balaban J connectivity index is 0.000000531. The largest absolute Gasteiger partial charge is 0.289 e. The zero-order valence-corrected chi connectivity index (χ0v) is 9.92. The van der Waals surface area contributed by atoms with Crippen LogP contribution < -0.4 is 0 Å². The van der Waals surface area contributed by atoms with E-state index in [0.29, 0.717) is 0 Å². The summed E-state index contributed by atoms with van der Waals surface area (Å²) >= 11 is 0. The number of hydrogen-bond donors (Lipinski definition) is 0. The highest BCUT2D eigenvalue weighted by Gasteiger charge is 2.24. The van der Waals surface area contributed by atoms with Gasteiger partial charge in [-0.3, -0.25) is 4.79 Å². The van der Waals surface area contributed by atoms with Crippen molar-refractivity contribution in [1.29, 1.82) is 0 Å². The molecule has 0 saturated heterocycles. The zero-order chi connectivity index (χ0) is 11.4. The van der Waals surface area contributed by atoms with Crippen molar-refractivity contribution in [1.82, 2.24) is 0 Å². The number of allylic oxidation sites excluding steroid dienone is 2. The van der Waals surface area contributed by atoms with E-state index in [1.807, 2.05) is 52.0 Å². The van der Waals surface area contributed by atoms with Crippen molar-refractivity contribution in [3.05, 3.63) is 46.5 Å². The van der Waals surface area contributed by atoms with Crippen LogP contribution in [0.4, 0.5) is 0 Å². The van der Waals surface area contributed by atoms with Crippen molar-refractivity contribution in [2.24, 2.45) is 0 Å². The van der Waals surface area contributed by atoms with Gasteiger partial charge in [0, 0.05) is 17.6 Å². The molecule has 0 fully saturated rings. The number of Topliss-reactive ketones (excluding diaryl/α,β-unsaturated/α-hetero) is 1. The summed E-state index contributed by atoms with van der Waals surface area (Å²) in [6.45, 7) is 8.00. The van der Waals surface area contributed by atoms with Gasteiger partial charge in [-0.1, -0.05) is 43.7 Å². The predicted octanol–water partition coefficient (Wildman–Crippen LogP) is 3.79. The highest BCUT2D eigenvalue weighted by molar-refractivity contribution is 6.13. The fourth-order valence-electron chi connectivity index (χ4n) is 1.73. The molecule has 0 atom stereocenters. The minimum absolute atomic E-state index is 0.218. The molecule has 1 heteroatoms. The highest BCUT2D eigenvalue weighted by atomic mass is 16.1. The summed E-state index contributed by atoms with van der Waals surface area (Å²) in [5.74, 6) is 0.218. The lowest BCUT2D eigenvalue weighted by molar-refractivity contribution is 0.103. The number of carbonyl (C=O) groups excluding carboxylic acids is 1. The second-order valence-corrected chi connectivity index (χ2v) is 3.64. The van der Waals surface area contributed by atoms with E-state index < -0.39 is 0 Å². The van der Waals surface area contributed by atoms with Gasteiger partial charge in [0.25, 0.3) is 0 Å². The molecule has 0 aromatic heterocycles. The van der Waals surface area contributed by atoms with Gasteiger partial charge in [0.1, 0.15) is 0 Å². The first-order valence-electron chi connectivity index (χ1n) is 5.49. The van der Waals surface area contributed by atoms with E-state index in [1.54, 1.807) is 0 Å². The van der Waals surface area contributed by atoms with Gasteiger partial charge < -0.3 is 0 Å². The quantitative estimate of drug-likeness (QED) is 0.585. The lowest BCUT2D eigenvalue weighted by Crippen LogP contribution is -1.96. The molecule has 1 nitrogen and oxygen atoms in total. The van der Waals surface area contributed by atoms with Crippen LogP contribution in [0.1, 0.15) is 43.6 Å². The van der Waals surface area contributed by atoms with Crippen LogP contribution in [-0.4, -0.2) is 5.78 Å². The third-order valence-corrected chi connectivity index (χ3v) is 2.51. The fraction of sp³-hybridized carbons (Fsp3) is 0.357. The zero-order valence-electron chi connectivity index (χ0n) is 9.92. The third-order valence-electron chi connectivity index (χ3n) is 2.51. The summed E-state index contributed by atoms with van der Waals surface area (Å²) < 4.78 is 0. The number of fused-ring (bicyclic) bond motifs is 1. The topological polar surface area (TPSA) is 17.1 Å². The minimum Gasteiger partial charge on any atom is -0.289 e. The number of ketones is 1. The minimum atomic E-state index is 0.218. The maximum Gasteiger partial charge on any atom is 0.189 e. The van der Waals surface area contributed by atoms with Crippen LogP contribution in [0.2, 0.25) is 0 Å². The molecule has 0 aliphatic heterocycles. The molecule has 0 amide bonds. The molecule has 0 bridgehead atoms. The third kappa shape index (κ3) is 2.17. The van der Waals surface area contributed by atoms with Crippen molar-refractivity contribution in [3.8, 4) is 0 Å². The first-order chi connectivity index (χ1) is 7.20. The molecular weight excluding hydrogens is 184 g/mol. The van der Waals surface area contributed by atoms with Crippen molar-refractivity contribution in [2.75, 3.05) is 0 Å². The maximum absolute atomic E-state index is 11.8. The van der Waals surface area contributed by atoms with Crippen LogP contribution in [0, 0.1) is 0 Å². The van der Waals surface area contributed by atoms with Gasteiger partial charge in [-0.15, -0.1) is 0 Å². The number of benzene rings is 1. The summed E-state index contributed by atoms with van der Waals surface area (Å²) in [7, 11) is 0. The Morgan fingerprint density at radius 1 is 1.13 bits per heavy atom.